The molecule has 118 valence electrons. The van der Waals surface area contributed by atoms with Gasteiger partial charge in [0.05, 0.1) is 7.11 Å². The Morgan fingerprint density at radius 3 is 2.36 bits per heavy atom. The van der Waals surface area contributed by atoms with Crippen LogP contribution in [0.3, 0.4) is 0 Å². The highest BCUT2D eigenvalue weighted by molar-refractivity contribution is 7.90. The van der Waals surface area contributed by atoms with Crippen molar-refractivity contribution in [1.82, 2.24) is 14.5 Å². The van der Waals surface area contributed by atoms with Gasteiger partial charge in [0.15, 0.2) is 11.6 Å². The molecule has 2 N–H and O–H groups in total. The number of hydrogen-bond donors (Lipinski definition) is 2. The second-order valence-corrected chi connectivity index (χ2v) is 6.43. The quantitative estimate of drug-likeness (QED) is 0.835. The number of nitrogens with zero attached hydrogens (tertiary/aromatic N) is 3. The molecule has 0 aliphatic carbocycles. The van der Waals surface area contributed by atoms with Crippen molar-refractivity contribution in [3.63, 3.8) is 0 Å². The lowest BCUT2D eigenvalue weighted by Crippen LogP contribution is -2.29. The van der Waals surface area contributed by atoms with Crippen molar-refractivity contribution >= 4 is 27.5 Å². The standard InChI is InChI=1S/C13H17N5O3S/c1-18(2)22(19,20)17-13-8-7-12(15-16-13)14-10-5-4-6-11(9-10)21-3/h4-9H,1-3H3,(H,14,15)(H,16,17). The van der Waals surface area contributed by atoms with Crippen molar-refractivity contribution < 1.29 is 13.2 Å². The van der Waals surface area contributed by atoms with E-state index in [1.807, 2.05) is 24.3 Å². The first-order valence-corrected chi connectivity index (χ1v) is 7.80. The Morgan fingerprint density at radius 1 is 1.09 bits per heavy atom. The summed E-state index contributed by atoms with van der Waals surface area (Å²) in [4.78, 5) is 0. The van der Waals surface area contributed by atoms with Gasteiger partial charge in [-0.15, -0.1) is 10.2 Å². The van der Waals surface area contributed by atoms with Crippen LogP contribution < -0.4 is 14.8 Å². The number of benzene rings is 1. The van der Waals surface area contributed by atoms with Crippen LogP contribution in [-0.4, -0.2) is 44.1 Å². The maximum absolute atomic E-state index is 11.7. The van der Waals surface area contributed by atoms with E-state index < -0.39 is 10.2 Å². The highest BCUT2D eigenvalue weighted by atomic mass is 32.2. The maximum Gasteiger partial charge on any atom is 0.302 e. The van der Waals surface area contributed by atoms with Crippen LogP contribution in [-0.2, 0) is 10.2 Å². The van der Waals surface area contributed by atoms with E-state index >= 15 is 0 Å². The molecule has 1 aromatic carbocycles. The van der Waals surface area contributed by atoms with Crippen LogP contribution >= 0.6 is 0 Å². The molecule has 22 heavy (non-hydrogen) atoms. The van der Waals surface area contributed by atoms with Crippen molar-refractivity contribution in [2.45, 2.75) is 0 Å². The van der Waals surface area contributed by atoms with Crippen molar-refractivity contribution in [2.75, 3.05) is 31.2 Å². The van der Waals surface area contributed by atoms with E-state index in [0.29, 0.717) is 11.6 Å². The van der Waals surface area contributed by atoms with Gasteiger partial charge in [-0.2, -0.15) is 12.7 Å². The first-order chi connectivity index (χ1) is 10.4. The Balaban J connectivity index is 2.09. The summed E-state index contributed by atoms with van der Waals surface area (Å²) < 4.78 is 31.8. The van der Waals surface area contributed by atoms with Gasteiger partial charge in [-0.1, -0.05) is 6.07 Å². The molecule has 9 heteroatoms. The molecule has 1 aromatic heterocycles. The van der Waals surface area contributed by atoms with Gasteiger partial charge >= 0.3 is 10.2 Å². The summed E-state index contributed by atoms with van der Waals surface area (Å²) in [6.45, 7) is 0. The molecule has 0 saturated heterocycles. The minimum Gasteiger partial charge on any atom is -0.497 e. The fourth-order valence-corrected chi connectivity index (χ4v) is 2.08. The Kier molecular flexibility index (Phi) is 4.78. The van der Waals surface area contributed by atoms with Gasteiger partial charge in [0.1, 0.15) is 5.75 Å². The third-order valence-electron chi connectivity index (χ3n) is 2.72. The van der Waals surface area contributed by atoms with E-state index in [1.165, 1.54) is 20.2 Å². The SMILES string of the molecule is COc1cccc(Nc2ccc(NS(=O)(=O)N(C)C)nn2)c1. The van der Waals surface area contributed by atoms with Crippen molar-refractivity contribution in [3.8, 4) is 5.75 Å². The molecule has 2 aromatic rings. The Labute approximate surface area is 129 Å². The summed E-state index contributed by atoms with van der Waals surface area (Å²) in [5.41, 5.74) is 0.787. The van der Waals surface area contributed by atoms with Gasteiger partial charge in [0, 0.05) is 25.8 Å². The average molecular weight is 323 g/mol. The second-order valence-electron chi connectivity index (χ2n) is 4.55. The Morgan fingerprint density at radius 2 is 1.77 bits per heavy atom. The van der Waals surface area contributed by atoms with Crippen LogP contribution in [0, 0.1) is 0 Å². The van der Waals surface area contributed by atoms with Gasteiger partial charge in [0.2, 0.25) is 0 Å². The summed E-state index contributed by atoms with van der Waals surface area (Å²) >= 11 is 0. The fourth-order valence-electron chi connectivity index (χ4n) is 1.53. The average Bonchev–Trinajstić information content (AvgIpc) is 2.49. The number of ether oxygens (including phenoxy) is 1. The Hall–Kier alpha value is -2.39. The normalized spacial score (nSPS) is 11.3. The minimum absolute atomic E-state index is 0.143. The summed E-state index contributed by atoms with van der Waals surface area (Å²) in [6, 6.07) is 10.5. The largest absolute Gasteiger partial charge is 0.497 e. The predicted octanol–water partition coefficient (Wildman–Crippen LogP) is 1.45. The van der Waals surface area contributed by atoms with Gasteiger partial charge in [-0.25, -0.2) is 0 Å². The second kappa shape index (κ2) is 6.58. The number of methoxy groups -OCH3 is 1. The molecular formula is C13H17N5O3S. The molecule has 0 saturated carbocycles. The third kappa shape index (κ3) is 4.06. The molecule has 0 atom stereocenters. The lowest BCUT2D eigenvalue weighted by atomic mass is 10.3. The summed E-state index contributed by atoms with van der Waals surface area (Å²) in [7, 11) is 0.850. The minimum atomic E-state index is -3.59. The molecule has 0 unspecified atom stereocenters. The third-order valence-corrected chi connectivity index (χ3v) is 4.15. The molecular weight excluding hydrogens is 306 g/mol. The summed E-state index contributed by atoms with van der Waals surface area (Å²) in [6.07, 6.45) is 0. The number of aromatic nitrogens is 2. The van der Waals surface area contributed by atoms with Crippen molar-refractivity contribution in [2.24, 2.45) is 0 Å². The maximum atomic E-state index is 11.7. The molecule has 0 spiro atoms. The molecule has 8 nitrogen and oxygen atoms in total. The molecule has 0 aliphatic heterocycles. The van der Waals surface area contributed by atoms with Crippen LogP contribution in [0.4, 0.5) is 17.3 Å². The van der Waals surface area contributed by atoms with E-state index in [0.717, 1.165) is 9.99 Å². The van der Waals surface area contributed by atoms with E-state index in [-0.39, 0.29) is 5.82 Å². The van der Waals surface area contributed by atoms with Crippen LogP contribution in [0.2, 0.25) is 0 Å². The van der Waals surface area contributed by atoms with Gasteiger partial charge in [-0.05, 0) is 24.3 Å². The highest BCUT2D eigenvalue weighted by Gasteiger charge is 2.13. The fraction of sp³-hybridized carbons (Fsp3) is 0.231. The van der Waals surface area contributed by atoms with E-state index in [9.17, 15) is 8.42 Å². The topological polar surface area (TPSA) is 96.5 Å². The Bertz CT molecular complexity index is 732. The molecule has 2 rings (SSSR count). The monoisotopic (exact) mass is 323 g/mol. The van der Waals surface area contributed by atoms with Gasteiger partial charge in [-0.3, -0.25) is 4.72 Å². The zero-order valence-corrected chi connectivity index (χ0v) is 13.3. The number of anilines is 3. The summed E-state index contributed by atoms with van der Waals surface area (Å²) in [5, 5.41) is 10.8. The van der Waals surface area contributed by atoms with Crippen molar-refractivity contribution in [3.05, 3.63) is 36.4 Å². The van der Waals surface area contributed by atoms with Crippen LogP contribution in [0.15, 0.2) is 36.4 Å². The predicted molar refractivity (Wildman–Crippen MR) is 84.5 cm³/mol. The first-order valence-electron chi connectivity index (χ1n) is 6.36. The zero-order valence-electron chi connectivity index (χ0n) is 12.4. The molecule has 0 bridgehead atoms. The van der Waals surface area contributed by atoms with E-state index in [1.54, 1.807) is 13.2 Å². The van der Waals surface area contributed by atoms with E-state index in [2.05, 4.69) is 20.2 Å². The van der Waals surface area contributed by atoms with Gasteiger partial charge < -0.3 is 10.1 Å². The zero-order chi connectivity index (χ0) is 16.2. The van der Waals surface area contributed by atoms with E-state index in [4.69, 9.17) is 4.74 Å². The molecule has 0 radical (unpaired) electrons. The van der Waals surface area contributed by atoms with Crippen LogP contribution in [0.5, 0.6) is 5.75 Å². The molecule has 0 aliphatic rings. The van der Waals surface area contributed by atoms with Crippen LogP contribution in [0.25, 0.3) is 0 Å². The lowest BCUT2D eigenvalue weighted by Gasteiger charge is -2.12. The molecule has 0 fully saturated rings. The summed E-state index contributed by atoms with van der Waals surface area (Å²) in [5.74, 6) is 1.35. The van der Waals surface area contributed by atoms with Crippen LogP contribution in [0.1, 0.15) is 0 Å². The molecule has 0 amide bonds. The highest BCUT2D eigenvalue weighted by Crippen LogP contribution is 2.20. The first kappa shape index (κ1) is 16.0. The molecule has 1 heterocycles. The number of hydrogen-bond acceptors (Lipinski definition) is 6. The number of rotatable bonds is 6. The smallest absolute Gasteiger partial charge is 0.302 e. The lowest BCUT2D eigenvalue weighted by molar-refractivity contribution is 0.415. The number of nitrogens with one attached hydrogen (secondary N) is 2. The van der Waals surface area contributed by atoms with Crippen molar-refractivity contribution in [1.29, 1.82) is 0 Å². The van der Waals surface area contributed by atoms with Gasteiger partial charge in [0.25, 0.3) is 0 Å².